The number of carbonyl (C=O) groups excluding carboxylic acids is 2. The minimum atomic E-state index is -1.13. The largest absolute Gasteiger partial charge is 0.466 e. The van der Waals surface area contributed by atoms with Gasteiger partial charge >= 0.3 is 6.03 Å². The average Bonchev–Trinajstić information content (AvgIpc) is 2.61. The molecule has 2 bridgehead atoms. The number of benzene rings is 2. The van der Waals surface area contributed by atoms with Gasteiger partial charge in [0.1, 0.15) is 11.7 Å². The first-order valence-electron chi connectivity index (χ1n) is 8.58. The molecule has 2 aliphatic rings. The summed E-state index contributed by atoms with van der Waals surface area (Å²) in [4.78, 5) is 29.1. The molecule has 2 aromatic rings. The number of hydrogen-bond acceptors (Lipinski definition) is 3. The van der Waals surface area contributed by atoms with Crippen LogP contribution < -0.4 is 15.0 Å². The Kier molecular flexibility index (Phi) is 3.64. The lowest BCUT2D eigenvalue weighted by atomic mass is 9.78. The molecule has 1 saturated heterocycles. The maximum absolute atomic E-state index is 13.1. The molecule has 2 aliphatic heterocycles. The molecule has 26 heavy (non-hydrogen) atoms. The van der Waals surface area contributed by atoms with Crippen LogP contribution in [-0.2, 0) is 4.79 Å². The highest BCUT2D eigenvalue weighted by molar-refractivity contribution is 5.98. The summed E-state index contributed by atoms with van der Waals surface area (Å²) in [6.45, 7) is 1.81. The molecule has 4 rings (SSSR count). The van der Waals surface area contributed by atoms with Gasteiger partial charge < -0.3 is 15.0 Å². The molecule has 0 saturated carbocycles. The molecule has 0 aliphatic carbocycles. The van der Waals surface area contributed by atoms with E-state index in [4.69, 9.17) is 4.74 Å². The van der Waals surface area contributed by atoms with E-state index in [0.717, 1.165) is 5.56 Å². The molecule has 134 valence electrons. The number of fused-ring (bicyclic) bond motifs is 4. The number of amides is 3. The lowest BCUT2D eigenvalue weighted by Gasteiger charge is -2.55. The van der Waals surface area contributed by atoms with E-state index < -0.39 is 17.7 Å². The second kappa shape index (κ2) is 5.76. The third kappa shape index (κ3) is 2.25. The molecule has 2 aromatic carbocycles. The highest BCUT2D eigenvalue weighted by atomic mass is 16.5. The van der Waals surface area contributed by atoms with Gasteiger partial charge in [-0.3, -0.25) is 9.69 Å². The lowest BCUT2D eigenvalue weighted by molar-refractivity contribution is -0.144. The van der Waals surface area contributed by atoms with E-state index in [1.54, 1.807) is 23.9 Å². The van der Waals surface area contributed by atoms with Crippen LogP contribution in [0.25, 0.3) is 0 Å². The van der Waals surface area contributed by atoms with E-state index in [2.05, 4.69) is 5.32 Å². The second-order valence-corrected chi connectivity index (χ2v) is 7.00. The Labute approximate surface area is 152 Å². The maximum atomic E-state index is 13.1. The average molecular weight is 351 g/mol. The summed E-state index contributed by atoms with van der Waals surface area (Å²) in [7, 11) is 3.44. The number of ether oxygens (including phenoxy) is 1. The van der Waals surface area contributed by atoms with Crippen molar-refractivity contribution in [2.24, 2.45) is 5.92 Å². The van der Waals surface area contributed by atoms with E-state index in [1.807, 2.05) is 61.5 Å². The number of nitrogens with one attached hydrogen (secondary N) is 1. The Morgan fingerprint density at radius 2 is 1.77 bits per heavy atom. The molecule has 1 N–H and O–H groups in total. The van der Waals surface area contributed by atoms with Crippen molar-refractivity contribution in [3.05, 3.63) is 60.2 Å². The van der Waals surface area contributed by atoms with Gasteiger partial charge in [-0.2, -0.15) is 0 Å². The van der Waals surface area contributed by atoms with E-state index >= 15 is 0 Å². The molecule has 3 atom stereocenters. The number of carbonyl (C=O) groups is 2. The Morgan fingerprint density at radius 1 is 1.12 bits per heavy atom. The molecule has 2 heterocycles. The number of hydrogen-bond donors (Lipinski definition) is 1. The van der Waals surface area contributed by atoms with Crippen molar-refractivity contribution >= 4 is 17.6 Å². The van der Waals surface area contributed by atoms with Crippen LogP contribution in [0.1, 0.15) is 18.5 Å². The summed E-state index contributed by atoms with van der Waals surface area (Å²) in [5, 5.41) is 3.02. The predicted molar refractivity (Wildman–Crippen MR) is 97.9 cm³/mol. The number of nitrogens with zero attached hydrogens (tertiary/aromatic N) is 2. The first kappa shape index (κ1) is 16.4. The zero-order chi connectivity index (χ0) is 18.5. The number of rotatable bonds is 2. The molecule has 3 amide bonds. The predicted octanol–water partition coefficient (Wildman–Crippen LogP) is 2.77. The van der Waals surface area contributed by atoms with Gasteiger partial charge in [-0.1, -0.05) is 36.4 Å². The molecule has 0 radical (unpaired) electrons. The minimum Gasteiger partial charge on any atom is -0.466 e. The first-order valence-corrected chi connectivity index (χ1v) is 8.58. The molecule has 0 aromatic heterocycles. The highest BCUT2D eigenvalue weighted by Gasteiger charge is 2.60. The monoisotopic (exact) mass is 351 g/mol. The van der Waals surface area contributed by atoms with Crippen molar-refractivity contribution in [2.75, 3.05) is 19.0 Å². The lowest BCUT2D eigenvalue weighted by Crippen LogP contribution is -2.72. The fourth-order valence-electron chi connectivity index (χ4n) is 3.95. The van der Waals surface area contributed by atoms with Gasteiger partial charge in [0.25, 0.3) is 0 Å². The summed E-state index contributed by atoms with van der Waals surface area (Å²) >= 11 is 0. The smallest absolute Gasteiger partial charge is 0.325 e. The molecule has 0 unspecified atom stereocenters. The molecule has 6 nitrogen and oxygen atoms in total. The Balaban J connectivity index is 1.92. The SMILES string of the molecule is CN(C)C(=O)[C@H]1[C@H]2NC(=O)N(c3ccccc3)[C@@]1(C)Oc1ccccc12. The van der Waals surface area contributed by atoms with Crippen molar-refractivity contribution in [1.29, 1.82) is 0 Å². The van der Waals surface area contributed by atoms with Crippen LogP contribution in [0.5, 0.6) is 5.75 Å². The summed E-state index contributed by atoms with van der Waals surface area (Å²) in [5.74, 6) is 0.0157. The molecule has 1 fully saturated rings. The van der Waals surface area contributed by atoms with Crippen molar-refractivity contribution in [3.63, 3.8) is 0 Å². The van der Waals surface area contributed by atoms with Crippen LogP contribution in [0.2, 0.25) is 0 Å². The van der Waals surface area contributed by atoms with Crippen LogP contribution in [0.15, 0.2) is 54.6 Å². The summed E-state index contributed by atoms with van der Waals surface area (Å²) in [6, 6.07) is 16.1. The molecule has 6 heteroatoms. The van der Waals surface area contributed by atoms with Gasteiger partial charge in [0, 0.05) is 25.3 Å². The van der Waals surface area contributed by atoms with Gasteiger partial charge in [-0.05, 0) is 25.1 Å². The third-order valence-electron chi connectivity index (χ3n) is 5.13. The number of anilines is 1. The fraction of sp³-hybridized carbons (Fsp3) is 0.300. The van der Waals surface area contributed by atoms with E-state index in [0.29, 0.717) is 11.4 Å². The first-order chi connectivity index (χ1) is 12.4. The molecular formula is C20H21N3O3. The van der Waals surface area contributed by atoms with Crippen molar-refractivity contribution < 1.29 is 14.3 Å². The minimum absolute atomic E-state index is 0.0899. The Hall–Kier alpha value is -3.02. The maximum Gasteiger partial charge on any atom is 0.325 e. The second-order valence-electron chi connectivity index (χ2n) is 7.00. The van der Waals surface area contributed by atoms with E-state index in [9.17, 15) is 9.59 Å². The summed E-state index contributed by atoms with van der Waals surface area (Å²) in [6.07, 6.45) is 0. The zero-order valence-corrected chi connectivity index (χ0v) is 15.0. The normalized spacial score (nSPS) is 26.4. The topological polar surface area (TPSA) is 61.9 Å². The zero-order valence-electron chi connectivity index (χ0n) is 15.0. The van der Waals surface area contributed by atoms with Crippen molar-refractivity contribution in [2.45, 2.75) is 18.7 Å². The van der Waals surface area contributed by atoms with Crippen LogP contribution >= 0.6 is 0 Å². The van der Waals surface area contributed by atoms with Crippen LogP contribution in [-0.4, -0.2) is 36.7 Å². The van der Waals surface area contributed by atoms with Gasteiger partial charge in [0.2, 0.25) is 11.6 Å². The van der Waals surface area contributed by atoms with Gasteiger partial charge in [0.05, 0.1) is 6.04 Å². The van der Waals surface area contributed by atoms with Crippen molar-refractivity contribution in [1.82, 2.24) is 10.2 Å². The third-order valence-corrected chi connectivity index (χ3v) is 5.13. The van der Waals surface area contributed by atoms with Gasteiger partial charge in [0.15, 0.2) is 0 Å². The quantitative estimate of drug-likeness (QED) is 0.905. The molecular weight excluding hydrogens is 330 g/mol. The van der Waals surface area contributed by atoms with Gasteiger partial charge in [-0.15, -0.1) is 0 Å². The van der Waals surface area contributed by atoms with Crippen LogP contribution in [0.4, 0.5) is 10.5 Å². The van der Waals surface area contributed by atoms with E-state index in [1.165, 1.54) is 0 Å². The number of para-hydroxylation sites is 2. The number of urea groups is 1. The fourth-order valence-corrected chi connectivity index (χ4v) is 3.95. The van der Waals surface area contributed by atoms with E-state index in [-0.39, 0.29) is 11.9 Å². The standard InChI is InChI=1S/C20H21N3O3/c1-20-16(18(24)22(2)3)17(14-11-7-8-12-15(14)26-20)21-19(25)23(20)13-9-5-4-6-10-13/h4-12,16-17H,1-3H3,(H,21,25)/t16-,17+,20+/m1/s1. The van der Waals surface area contributed by atoms with Crippen LogP contribution in [0, 0.1) is 5.92 Å². The summed E-state index contributed by atoms with van der Waals surface area (Å²) in [5.41, 5.74) is 0.373. The Morgan fingerprint density at radius 3 is 2.46 bits per heavy atom. The van der Waals surface area contributed by atoms with Gasteiger partial charge in [-0.25, -0.2) is 4.79 Å². The van der Waals surface area contributed by atoms with Crippen molar-refractivity contribution in [3.8, 4) is 5.75 Å². The highest BCUT2D eigenvalue weighted by Crippen LogP contribution is 2.49. The Bertz CT molecular complexity index is 868. The molecule has 0 spiro atoms. The van der Waals surface area contributed by atoms with Crippen LogP contribution in [0.3, 0.4) is 0 Å². The summed E-state index contributed by atoms with van der Waals surface area (Å²) < 4.78 is 6.33.